The smallest absolute Gasteiger partial charge is 0.314 e. The number of benzene rings is 2. The first-order valence-corrected chi connectivity index (χ1v) is 7.91. The van der Waals surface area contributed by atoms with Crippen molar-refractivity contribution in [2.45, 2.75) is 26.1 Å². The lowest BCUT2D eigenvalue weighted by molar-refractivity contribution is 0.202. The molecule has 4 N–H and O–H groups in total. The number of hydrogen-bond acceptors (Lipinski definition) is 4. The van der Waals surface area contributed by atoms with Crippen LogP contribution in [0.1, 0.15) is 19.4 Å². The fourth-order valence-electron chi connectivity index (χ4n) is 2.47. The van der Waals surface area contributed by atoms with Crippen molar-refractivity contribution in [2.75, 3.05) is 0 Å². The molecule has 1 heterocycles. The van der Waals surface area contributed by atoms with E-state index in [4.69, 9.17) is 0 Å². The number of rotatable bonds is 4. The number of nitrogens with one attached hydrogen (secondary N) is 4. The van der Waals surface area contributed by atoms with Gasteiger partial charge in [-0.05, 0) is 30.5 Å². The minimum atomic E-state index is -0.273. The van der Waals surface area contributed by atoms with E-state index in [1.807, 2.05) is 44.2 Å². The fourth-order valence-corrected chi connectivity index (χ4v) is 2.47. The van der Waals surface area contributed by atoms with Gasteiger partial charge in [0, 0.05) is 0 Å². The molecule has 2 atom stereocenters. The highest BCUT2D eigenvalue weighted by molar-refractivity contribution is 5.98. The molecule has 0 bridgehead atoms. The first-order valence-electron chi connectivity index (χ1n) is 7.91. The highest BCUT2D eigenvalue weighted by Crippen LogP contribution is 2.19. The normalized spacial score (nSPS) is 20.9. The van der Waals surface area contributed by atoms with E-state index in [1.165, 1.54) is 11.1 Å². The minimum absolute atomic E-state index is 0.0136. The maximum atomic E-state index is 11.3. The van der Waals surface area contributed by atoms with Gasteiger partial charge in [0.25, 0.3) is 0 Å². The van der Waals surface area contributed by atoms with Gasteiger partial charge in [-0.3, -0.25) is 10.9 Å². The molecule has 3 rings (SSSR count). The average Bonchev–Trinajstić information content (AvgIpc) is 2.63. The summed E-state index contributed by atoms with van der Waals surface area (Å²) in [6.45, 7) is 3.88. The fraction of sp³-hybridized carbons (Fsp3) is 0.222. The molecule has 0 radical (unpaired) electrons. The third kappa shape index (κ3) is 3.72. The molecular weight excluding hydrogens is 302 g/mol. The Morgan fingerprint density at radius 3 is 2.42 bits per heavy atom. The SMILES string of the molecule is C/C(=N\NC1NC(=O)NNC1C)c1ccc(-c2ccccc2)cc1. The van der Waals surface area contributed by atoms with E-state index in [0.29, 0.717) is 0 Å². The molecule has 6 heteroatoms. The maximum absolute atomic E-state index is 11.3. The highest BCUT2D eigenvalue weighted by atomic mass is 16.2. The molecule has 2 unspecified atom stereocenters. The van der Waals surface area contributed by atoms with Crippen LogP contribution in [0, 0.1) is 0 Å². The average molecular weight is 323 g/mol. The molecule has 0 aliphatic carbocycles. The predicted octanol–water partition coefficient (Wildman–Crippen LogP) is 2.20. The van der Waals surface area contributed by atoms with Gasteiger partial charge in [0.05, 0.1) is 11.8 Å². The Morgan fingerprint density at radius 2 is 1.71 bits per heavy atom. The van der Waals surface area contributed by atoms with Gasteiger partial charge in [-0.15, -0.1) is 0 Å². The van der Waals surface area contributed by atoms with Gasteiger partial charge in [-0.1, -0.05) is 54.6 Å². The van der Waals surface area contributed by atoms with Crippen LogP contribution in [0.15, 0.2) is 59.7 Å². The summed E-state index contributed by atoms with van der Waals surface area (Å²) >= 11 is 0. The number of carbonyl (C=O) groups is 1. The topological polar surface area (TPSA) is 77.5 Å². The van der Waals surface area contributed by atoms with Crippen LogP contribution in [0.5, 0.6) is 0 Å². The molecule has 1 aliphatic rings. The number of urea groups is 1. The molecule has 2 aromatic rings. The molecule has 0 spiro atoms. The number of hydrazone groups is 1. The summed E-state index contributed by atoms with van der Waals surface area (Å²) in [4.78, 5) is 11.3. The summed E-state index contributed by atoms with van der Waals surface area (Å²) in [5, 5.41) is 7.16. The van der Waals surface area contributed by atoms with Crippen molar-refractivity contribution in [3.63, 3.8) is 0 Å². The van der Waals surface area contributed by atoms with Crippen LogP contribution in [0.2, 0.25) is 0 Å². The van der Waals surface area contributed by atoms with E-state index < -0.39 is 0 Å². The van der Waals surface area contributed by atoms with Crippen LogP contribution in [-0.2, 0) is 0 Å². The molecule has 124 valence electrons. The number of nitrogens with zero attached hydrogens (tertiary/aromatic N) is 1. The van der Waals surface area contributed by atoms with Gasteiger partial charge >= 0.3 is 6.03 Å². The van der Waals surface area contributed by atoms with Gasteiger partial charge in [0.2, 0.25) is 0 Å². The van der Waals surface area contributed by atoms with E-state index in [1.54, 1.807) is 0 Å². The van der Waals surface area contributed by atoms with Crippen molar-refractivity contribution in [3.8, 4) is 11.1 Å². The van der Waals surface area contributed by atoms with Gasteiger partial charge < -0.3 is 5.32 Å². The standard InChI is InChI=1S/C18H21N5O/c1-12(20-22-17-13(2)21-23-18(24)19-17)14-8-10-16(11-9-14)15-6-4-3-5-7-15/h3-11,13,17,21-22H,1-2H3,(H2,19,23,24)/b20-12+. The molecule has 0 aromatic heterocycles. The lowest BCUT2D eigenvalue weighted by Gasteiger charge is -2.30. The van der Waals surface area contributed by atoms with Crippen LogP contribution in [0.4, 0.5) is 4.79 Å². The van der Waals surface area contributed by atoms with Crippen molar-refractivity contribution < 1.29 is 4.79 Å². The van der Waals surface area contributed by atoms with Crippen molar-refractivity contribution in [1.29, 1.82) is 0 Å². The number of carbonyl (C=O) groups excluding carboxylic acids is 1. The lowest BCUT2D eigenvalue weighted by Crippen LogP contribution is -2.67. The Balaban J connectivity index is 1.68. The van der Waals surface area contributed by atoms with E-state index in [9.17, 15) is 4.79 Å². The summed E-state index contributed by atoms with van der Waals surface area (Å²) in [6, 6.07) is 18.3. The third-order valence-corrected chi connectivity index (χ3v) is 3.98. The number of hydrazine groups is 1. The van der Waals surface area contributed by atoms with E-state index in [0.717, 1.165) is 11.3 Å². The van der Waals surface area contributed by atoms with Gasteiger partial charge in [0.15, 0.2) is 0 Å². The Kier molecular flexibility index (Phi) is 4.77. The molecular formula is C18H21N5O. The van der Waals surface area contributed by atoms with Crippen molar-refractivity contribution in [3.05, 3.63) is 60.2 Å². The molecule has 1 aliphatic heterocycles. The molecule has 2 aromatic carbocycles. The van der Waals surface area contributed by atoms with Gasteiger partial charge in [-0.25, -0.2) is 10.2 Å². The Morgan fingerprint density at radius 1 is 1.04 bits per heavy atom. The van der Waals surface area contributed by atoms with Crippen LogP contribution < -0.4 is 21.6 Å². The second-order valence-electron chi connectivity index (χ2n) is 5.78. The number of hydrogen-bond donors (Lipinski definition) is 4. The van der Waals surface area contributed by atoms with E-state index >= 15 is 0 Å². The highest BCUT2D eigenvalue weighted by Gasteiger charge is 2.23. The Labute approximate surface area is 141 Å². The summed E-state index contributed by atoms with van der Waals surface area (Å²) in [7, 11) is 0. The largest absolute Gasteiger partial charge is 0.330 e. The Hall–Kier alpha value is -2.86. The summed E-state index contributed by atoms with van der Waals surface area (Å²) < 4.78 is 0. The van der Waals surface area contributed by atoms with Crippen LogP contribution in [0.25, 0.3) is 11.1 Å². The zero-order chi connectivity index (χ0) is 16.9. The molecule has 1 saturated heterocycles. The van der Waals surface area contributed by atoms with Crippen molar-refractivity contribution in [2.24, 2.45) is 5.10 Å². The van der Waals surface area contributed by atoms with Crippen LogP contribution in [0.3, 0.4) is 0 Å². The zero-order valence-corrected chi connectivity index (χ0v) is 13.7. The quantitative estimate of drug-likeness (QED) is 0.514. The second kappa shape index (κ2) is 7.14. The van der Waals surface area contributed by atoms with Crippen molar-refractivity contribution >= 4 is 11.7 Å². The van der Waals surface area contributed by atoms with E-state index in [-0.39, 0.29) is 18.2 Å². The molecule has 2 amide bonds. The number of amides is 2. The predicted molar refractivity (Wildman–Crippen MR) is 95.3 cm³/mol. The first kappa shape index (κ1) is 16.0. The van der Waals surface area contributed by atoms with Crippen LogP contribution >= 0.6 is 0 Å². The summed E-state index contributed by atoms with van der Waals surface area (Å²) in [5.41, 5.74) is 12.6. The molecule has 1 fully saturated rings. The van der Waals surface area contributed by atoms with Gasteiger partial charge in [-0.2, -0.15) is 5.10 Å². The maximum Gasteiger partial charge on any atom is 0.330 e. The molecule has 24 heavy (non-hydrogen) atoms. The van der Waals surface area contributed by atoms with Crippen LogP contribution in [-0.4, -0.2) is 24.0 Å². The first-order chi connectivity index (χ1) is 11.6. The van der Waals surface area contributed by atoms with Crippen molar-refractivity contribution in [1.82, 2.24) is 21.6 Å². The zero-order valence-electron chi connectivity index (χ0n) is 13.7. The molecule has 0 saturated carbocycles. The second-order valence-corrected chi connectivity index (χ2v) is 5.78. The monoisotopic (exact) mass is 323 g/mol. The summed E-state index contributed by atoms with van der Waals surface area (Å²) in [6.07, 6.45) is -0.266. The minimum Gasteiger partial charge on any atom is -0.314 e. The van der Waals surface area contributed by atoms with E-state index in [2.05, 4.69) is 51.0 Å². The lowest BCUT2D eigenvalue weighted by atomic mass is 10.0. The summed E-state index contributed by atoms with van der Waals surface area (Å²) in [5.74, 6) is 0. The third-order valence-electron chi connectivity index (χ3n) is 3.98. The molecule has 6 nitrogen and oxygen atoms in total. The Bertz CT molecular complexity index is 727. The van der Waals surface area contributed by atoms with Gasteiger partial charge in [0.1, 0.15) is 6.17 Å².